The number of esters is 1. The molecule has 0 spiro atoms. The maximum atomic E-state index is 12.4. The van der Waals surface area contributed by atoms with Crippen molar-refractivity contribution in [1.29, 1.82) is 0 Å². The molecule has 0 saturated heterocycles. The van der Waals surface area contributed by atoms with E-state index in [1.54, 1.807) is 12.5 Å². The van der Waals surface area contributed by atoms with Gasteiger partial charge in [-0.05, 0) is 67.4 Å². The number of carboxylic acid groups (broad SMARTS) is 1. The SMILES string of the molecule is CC1=CCC[C@@H]2[C@@](C)(CCc3ccoc3)[C@H](CO)[C@@H](OC(=O)CCC(=O)O)C[C@@]12C. The van der Waals surface area contributed by atoms with Gasteiger partial charge in [0.25, 0.3) is 0 Å². The molecule has 1 aromatic rings. The lowest BCUT2D eigenvalue weighted by molar-refractivity contribution is -0.180. The maximum absolute atomic E-state index is 12.4. The highest BCUT2D eigenvalue weighted by atomic mass is 16.5. The minimum Gasteiger partial charge on any atom is -0.481 e. The standard InChI is InChI=1S/C24H34O6/c1-16-5-4-6-20-23(2,11-9-17-10-12-29-15-17)18(14-25)19(13-24(16,20)3)30-22(28)8-7-21(26)27/h5,10,12,15,18-20,25H,4,6-9,11,13-14H2,1-3H3,(H,26,27)/t18-,19+,20-,23+,24+/m1/s1. The molecule has 1 fully saturated rings. The monoisotopic (exact) mass is 418 g/mol. The van der Waals surface area contributed by atoms with Crippen molar-refractivity contribution in [2.75, 3.05) is 6.61 Å². The van der Waals surface area contributed by atoms with Crippen molar-refractivity contribution in [2.24, 2.45) is 22.7 Å². The zero-order chi connectivity index (χ0) is 21.9. The molecule has 166 valence electrons. The number of ether oxygens (including phenoxy) is 1. The molecule has 30 heavy (non-hydrogen) atoms. The van der Waals surface area contributed by atoms with Gasteiger partial charge < -0.3 is 19.4 Å². The van der Waals surface area contributed by atoms with E-state index < -0.39 is 18.0 Å². The van der Waals surface area contributed by atoms with Crippen LogP contribution in [-0.4, -0.2) is 34.9 Å². The molecule has 0 amide bonds. The van der Waals surface area contributed by atoms with Crippen LogP contribution in [0.5, 0.6) is 0 Å². The Balaban J connectivity index is 1.89. The van der Waals surface area contributed by atoms with Crippen LogP contribution in [0.1, 0.15) is 64.9 Å². The lowest BCUT2D eigenvalue weighted by Gasteiger charge is -2.60. The summed E-state index contributed by atoms with van der Waals surface area (Å²) >= 11 is 0. The third-order valence-corrected chi connectivity index (χ3v) is 7.85. The molecule has 0 unspecified atom stereocenters. The van der Waals surface area contributed by atoms with Crippen molar-refractivity contribution >= 4 is 11.9 Å². The van der Waals surface area contributed by atoms with Crippen LogP contribution >= 0.6 is 0 Å². The van der Waals surface area contributed by atoms with Crippen molar-refractivity contribution < 1.29 is 29.0 Å². The highest BCUT2D eigenvalue weighted by Crippen LogP contribution is 2.62. The van der Waals surface area contributed by atoms with Gasteiger partial charge in [-0.3, -0.25) is 9.59 Å². The van der Waals surface area contributed by atoms with E-state index in [9.17, 15) is 14.7 Å². The molecule has 0 radical (unpaired) electrons. The average molecular weight is 419 g/mol. The van der Waals surface area contributed by atoms with Crippen LogP contribution in [-0.2, 0) is 20.7 Å². The molecule has 1 saturated carbocycles. The summed E-state index contributed by atoms with van der Waals surface area (Å²) < 4.78 is 11.1. The number of aliphatic hydroxyl groups excluding tert-OH is 1. The van der Waals surface area contributed by atoms with Gasteiger partial charge in [-0.1, -0.05) is 25.5 Å². The number of aliphatic carboxylic acids is 1. The molecule has 3 rings (SSSR count). The summed E-state index contributed by atoms with van der Waals surface area (Å²) in [5, 5.41) is 19.3. The van der Waals surface area contributed by atoms with E-state index in [-0.39, 0.29) is 36.2 Å². The first-order chi connectivity index (χ1) is 14.2. The quantitative estimate of drug-likeness (QED) is 0.481. The van der Waals surface area contributed by atoms with Crippen molar-refractivity contribution in [3.63, 3.8) is 0 Å². The Labute approximate surface area is 178 Å². The number of rotatable bonds is 8. The number of carbonyl (C=O) groups excluding carboxylic acids is 1. The minimum absolute atomic E-state index is 0.0614. The Morgan fingerprint density at radius 3 is 2.70 bits per heavy atom. The summed E-state index contributed by atoms with van der Waals surface area (Å²) in [6.07, 6.45) is 9.31. The average Bonchev–Trinajstić information content (AvgIpc) is 3.20. The first-order valence-electron chi connectivity index (χ1n) is 10.9. The number of carboxylic acids is 1. The van der Waals surface area contributed by atoms with Gasteiger partial charge in [0.05, 0.1) is 25.4 Å². The summed E-state index contributed by atoms with van der Waals surface area (Å²) in [7, 11) is 0. The number of hydrogen-bond acceptors (Lipinski definition) is 5. The molecule has 1 heterocycles. The largest absolute Gasteiger partial charge is 0.481 e. The molecule has 0 bridgehead atoms. The maximum Gasteiger partial charge on any atom is 0.306 e. The van der Waals surface area contributed by atoms with Gasteiger partial charge in [0.2, 0.25) is 0 Å². The van der Waals surface area contributed by atoms with Crippen LogP contribution < -0.4 is 0 Å². The Morgan fingerprint density at radius 1 is 1.30 bits per heavy atom. The summed E-state index contributed by atoms with van der Waals surface area (Å²) in [6.45, 7) is 6.58. The van der Waals surface area contributed by atoms with E-state index in [0.717, 1.165) is 31.2 Å². The lowest BCUT2D eigenvalue weighted by atomic mass is 9.46. The molecular formula is C24H34O6. The van der Waals surface area contributed by atoms with Crippen molar-refractivity contribution in [3.05, 3.63) is 35.8 Å². The summed E-state index contributed by atoms with van der Waals surface area (Å²) in [6, 6.07) is 1.97. The highest BCUT2D eigenvalue weighted by molar-refractivity contribution is 5.76. The number of fused-ring (bicyclic) bond motifs is 1. The van der Waals surface area contributed by atoms with Crippen molar-refractivity contribution in [1.82, 2.24) is 0 Å². The number of furan rings is 1. The topological polar surface area (TPSA) is 97.0 Å². The Hall–Kier alpha value is -2.08. The van der Waals surface area contributed by atoms with Gasteiger partial charge in [0.15, 0.2) is 0 Å². The van der Waals surface area contributed by atoms with E-state index in [4.69, 9.17) is 14.3 Å². The molecular weight excluding hydrogens is 384 g/mol. The Morgan fingerprint density at radius 2 is 2.07 bits per heavy atom. The molecule has 0 aromatic carbocycles. The lowest BCUT2D eigenvalue weighted by Crippen LogP contribution is -2.58. The van der Waals surface area contributed by atoms with Crippen molar-refractivity contribution in [2.45, 2.75) is 71.8 Å². The molecule has 2 aliphatic rings. The Kier molecular flexibility index (Phi) is 6.75. The summed E-state index contributed by atoms with van der Waals surface area (Å²) in [4.78, 5) is 23.2. The zero-order valence-electron chi connectivity index (χ0n) is 18.2. The second kappa shape index (κ2) is 8.96. The molecule has 6 nitrogen and oxygen atoms in total. The summed E-state index contributed by atoms with van der Waals surface area (Å²) in [5.41, 5.74) is 2.09. The van der Waals surface area contributed by atoms with Crippen LogP contribution in [0.4, 0.5) is 0 Å². The third-order valence-electron chi connectivity index (χ3n) is 7.85. The van der Waals surface area contributed by atoms with Crippen LogP contribution in [0.2, 0.25) is 0 Å². The van der Waals surface area contributed by atoms with Gasteiger partial charge in [-0.2, -0.15) is 0 Å². The van der Waals surface area contributed by atoms with Gasteiger partial charge in [0.1, 0.15) is 6.10 Å². The van der Waals surface area contributed by atoms with Gasteiger partial charge in [0, 0.05) is 12.5 Å². The first kappa shape index (κ1) is 22.6. The third kappa shape index (κ3) is 4.34. The van der Waals surface area contributed by atoms with E-state index in [0.29, 0.717) is 12.3 Å². The number of allylic oxidation sites excluding steroid dienone is 2. The number of aliphatic hydroxyl groups is 1. The van der Waals surface area contributed by atoms with Gasteiger partial charge in [-0.25, -0.2) is 0 Å². The Bertz CT molecular complexity index is 782. The van der Waals surface area contributed by atoms with Gasteiger partial charge in [-0.15, -0.1) is 0 Å². The number of hydrogen-bond donors (Lipinski definition) is 2. The molecule has 5 atom stereocenters. The molecule has 2 aliphatic carbocycles. The van der Waals surface area contributed by atoms with Crippen molar-refractivity contribution in [3.8, 4) is 0 Å². The normalized spacial score (nSPS) is 33.5. The molecule has 2 N–H and O–H groups in total. The number of aryl methyl sites for hydroxylation is 1. The van der Waals surface area contributed by atoms with E-state index in [1.807, 2.05) is 6.07 Å². The fraction of sp³-hybridized carbons (Fsp3) is 0.667. The fourth-order valence-electron chi connectivity index (χ4n) is 5.99. The van der Waals surface area contributed by atoms with Gasteiger partial charge >= 0.3 is 11.9 Å². The van der Waals surface area contributed by atoms with E-state index in [1.165, 1.54) is 5.57 Å². The summed E-state index contributed by atoms with van der Waals surface area (Å²) in [5.74, 6) is -1.34. The van der Waals surface area contributed by atoms with Crippen LogP contribution in [0.3, 0.4) is 0 Å². The zero-order valence-corrected chi connectivity index (χ0v) is 18.2. The predicted octanol–water partition coefficient (Wildman–Crippen LogP) is 4.37. The predicted molar refractivity (Wildman–Crippen MR) is 112 cm³/mol. The second-order valence-corrected chi connectivity index (χ2v) is 9.49. The molecule has 0 aliphatic heterocycles. The second-order valence-electron chi connectivity index (χ2n) is 9.49. The smallest absolute Gasteiger partial charge is 0.306 e. The first-order valence-corrected chi connectivity index (χ1v) is 10.9. The highest BCUT2D eigenvalue weighted by Gasteiger charge is 2.58. The van der Waals surface area contributed by atoms with E-state index in [2.05, 4.69) is 26.8 Å². The molecule has 1 aromatic heterocycles. The minimum atomic E-state index is -1.02. The van der Waals surface area contributed by atoms with Crippen LogP contribution in [0, 0.1) is 22.7 Å². The molecule has 6 heteroatoms. The van der Waals surface area contributed by atoms with E-state index >= 15 is 0 Å². The fourth-order valence-corrected chi connectivity index (χ4v) is 5.99. The van der Waals surface area contributed by atoms with Crippen LogP contribution in [0.15, 0.2) is 34.7 Å². The van der Waals surface area contributed by atoms with Crippen LogP contribution in [0.25, 0.3) is 0 Å². The number of carbonyl (C=O) groups is 2.